The zero-order chi connectivity index (χ0) is 23.6. The van der Waals surface area contributed by atoms with E-state index in [0.29, 0.717) is 0 Å². The third kappa shape index (κ3) is 2.89. The number of aromatic nitrogens is 1. The van der Waals surface area contributed by atoms with Crippen LogP contribution >= 0.6 is 11.3 Å². The fraction of sp³-hybridized carbons (Fsp3) is 0. The van der Waals surface area contributed by atoms with Gasteiger partial charge in [-0.05, 0) is 64.4 Å². The van der Waals surface area contributed by atoms with Crippen LogP contribution in [-0.4, -0.2) is 4.57 Å². The molecule has 6 aromatic carbocycles. The molecule has 0 N–H and O–H groups in total. The van der Waals surface area contributed by atoms with E-state index in [1.807, 2.05) is 11.3 Å². The predicted octanol–water partition coefficient (Wildman–Crippen LogP) is 9.97. The monoisotopic (exact) mass is 475 g/mol. The summed E-state index contributed by atoms with van der Waals surface area (Å²) in [6.07, 6.45) is 0. The van der Waals surface area contributed by atoms with Crippen molar-refractivity contribution in [3.63, 3.8) is 0 Å². The SMILES string of the molecule is c1ccc(-c2ccc(-n3c4ccccc4c4cc5c(cc43)sc3cc4ccccc4cc35)cc2)cc1. The average molecular weight is 476 g/mol. The van der Waals surface area contributed by atoms with Gasteiger partial charge in [0, 0.05) is 36.6 Å². The van der Waals surface area contributed by atoms with Gasteiger partial charge in [-0.3, -0.25) is 0 Å². The molecule has 0 atom stereocenters. The van der Waals surface area contributed by atoms with Crippen molar-refractivity contribution in [1.82, 2.24) is 4.57 Å². The van der Waals surface area contributed by atoms with Crippen LogP contribution in [-0.2, 0) is 0 Å². The molecule has 0 aliphatic rings. The predicted molar refractivity (Wildman–Crippen MR) is 157 cm³/mol. The van der Waals surface area contributed by atoms with Crippen molar-refractivity contribution in [2.24, 2.45) is 0 Å². The van der Waals surface area contributed by atoms with Gasteiger partial charge in [0.15, 0.2) is 0 Å². The van der Waals surface area contributed by atoms with E-state index >= 15 is 0 Å². The minimum Gasteiger partial charge on any atom is -0.309 e. The van der Waals surface area contributed by atoms with Crippen LogP contribution in [0, 0.1) is 0 Å². The Labute approximate surface area is 212 Å². The lowest BCUT2D eigenvalue weighted by molar-refractivity contribution is 1.18. The van der Waals surface area contributed by atoms with Crippen molar-refractivity contribution in [3.8, 4) is 16.8 Å². The van der Waals surface area contributed by atoms with Crippen molar-refractivity contribution in [1.29, 1.82) is 0 Å². The molecule has 0 bridgehead atoms. The van der Waals surface area contributed by atoms with Crippen molar-refractivity contribution < 1.29 is 0 Å². The molecule has 36 heavy (non-hydrogen) atoms. The molecule has 0 aliphatic carbocycles. The van der Waals surface area contributed by atoms with Gasteiger partial charge in [0.05, 0.1) is 11.0 Å². The molecule has 2 aromatic heterocycles. The summed E-state index contributed by atoms with van der Waals surface area (Å²) in [5.74, 6) is 0. The average Bonchev–Trinajstić information content (AvgIpc) is 3.45. The molecule has 2 heteroatoms. The van der Waals surface area contributed by atoms with E-state index in [0.717, 1.165) is 0 Å². The maximum absolute atomic E-state index is 2.42. The summed E-state index contributed by atoms with van der Waals surface area (Å²) in [7, 11) is 0. The molecule has 0 unspecified atom stereocenters. The maximum atomic E-state index is 2.42. The van der Waals surface area contributed by atoms with E-state index in [1.165, 1.54) is 69.6 Å². The van der Waals surface area contributed by atoms with Crippen molar-refractivity contribution in [3.05, 3.63) is 127 Å². The molecule has 168 valence electrons. The summed E-state index contributed by atoms with van der Waals surface area (Å²) in [6, 6.07) is 46.5. The van der Waals surface area contributed by atoms with Gasteiger partial charge in [0.1, 0.15) is 0 Å². The Bertz CT molecular complexity index is 2080. The van der Waals surface area contributed by atoms with Crippen molar-refractivity contribution in [2.45, 2.75) is 0 Å². The molecule has 8 aromatic rings. The van der Waals surface area contributed by atoms with E-state index in [4.69, 9.17) is 0 Å². The van der Waals surface area contributed by atoms with E-state index in [2.05, 4.69) is 132 Å². The number of hydrogen-bond acceptors (Lipinski definition) is 1. The summed E-state index contributed by atoms with van der Waals surface area (Å²) in [6.45, 7) is 0. The number of para-hydroxylation sites is 1. The molecule has 0 aliphatic heterocycles. The maximum Gasteiger partial charge on any atom is 0.0555 e. The lowest BCUT2D eigenvalue weighted by Gasteiger charge is -2.09. The standard InChI is InChI=1S/C34H21NS/c1-2-8-22(9-3-1)23-14-16-26(17-15-23)35-31-13-7-6-12-27(31)28-20-30-29-18-24-10-4-5-11-25(24)19-33(29)36-34(30)21-32(28)35/h1-21H. The van der Waals surface area contributed by atoms with E-state index < -0.39 is 0 Å². The van der Waals surface area contributed by atoms with Gasteiger partial charge < -0.3 is 4.57 Å². The van der Waals surface area contributed by atoms with Crippen LogP contribution in [0.2, 0.25) is 0 Å². The highest BCUT2D eigenvalue weighted by atomic mass is 32.1. The molecule has 8 rings (SSSR count). The van der Waals surface area contributed by atoms with Gasteiger partial charge in [-0.1, -0.05) is 84.9 Å². The third-order valence-electron chi connectivity index (χ3n) is 7.36. The summed E-state index contributed by atoms with van der Waals surface area (Å²) >= 11 is 1.89. The van der Waals surface area contributed by atoms with Crippen molar-refractivity contribution >= 4 is 64.1 Å². The Morgan fingerprint density at radius 3 is 1.89 bits per heavy atom. The van der Waals surface area contributed by atoms with E-state index in [1.54, 1.807) is 0 Å². The van der Waals surface area contributed by atoms with Crippen LogP contribution in [0.15, 0.2) is 127 Å². The molecular weight excluding hydrogens is 454 g/mol. The molecule has 0 amide bonds. The number of nitrogens with zero attached hydrogens (tertiary/aromatic N) is 1. The highest BCUT2D eigenvalue weighted by Crippen LogP contribution is 2.41. The summed E-state index contributed by atoms with van der Waals surface area (Å²) < 4.78 is 5.09. The van der Waals surface area contributed by atoms with Crippen LogP contribution < -0.4 is 0 Å². The van der Waals surface area contributed by atoms with Crippen LogP contribution in [0.5, 0.6) is 0 Å². The Morgan fingerprint density at radius 2 is 1.06 bits per heavy atom. The van der Waals surface area contributed by atoms with Gasteiger partial charge in [-0.15, -0.1) is 11.3 Å². The number of rotatable bonds is 2. The quantitative estimate of drug-likeness (QED) is 0.234. The van der Waals surface area contributed by atoms with Gasteiger partial charge in [-0.25, -0.2) is 0 Å². The topological polar surface area (TPSA) is 4.93 Å². The van der Waals surface area contributed by atoms with Gasteiger partial charge in [0.25, 0.3) is 0 Å². The van der Waals surface area contributed by atoms with Gasteiger partial charge >= 0.3 is 0 Å². The lowest BCUT2D eigenvalue weighted by atomic mass is 10.0. The Hall–Kier alpha value is -4.40. The first kappa shape index (κ1) is 19.9. The summed E-state index contributed by atoms with van der Waals surface area (Å²) in [5, 5.41) is 7.88. The molecule has 1 nitrogen and oxygen atoms in total. The second kappa shape index (κ2) is 7.55. The minimum atomic E-state index is 1.19. The van der Waals surface area contributed by atoms with Gasteiger partial charge in [-0.2, -0.15) is 0 Å². The first-order valence-corrected chi connectivity index (χ1v) is 13.1. The molecular formula is C34H21NS. The largest absolute Gasteiger partial charge is 0.309 e. The molecule has 0 spiro atoms. The Kier molecular flexibility index (Phi) is 4.16. The smallest absolute Gasteiger partial charge is 0.0555 e. The van der Waals surface area contributed by atoms with Gasteiger partial charge in [0.2, 0.25) is 0 Å². The first-order chi connectivity index (χ1) is 17.8. The zero-order valence-electron chi connectivity index (χ0n) is 19.5. The third-order valence-corrected chi connectivity index (χ3v) is 8.48. The minimum absolute atomic E-state index is 1.19. The summed E-state index contributed by atoms with van der Waals surface area (Å²) in [5.41, 5.74) is 6.16. The number of fused-ring (bicyclic) bond motifs is 7. The summed E-state index contributed by atoms with van der Waals surface area (Å²) in [4.78, 5) is 0. The molecule has 0 fully saturated rings. The Morgan fingerprint density at radius 1 is 0.417 bits per heavy atom. The molecule has 0 saturated heterocycles. The number of thiophene rings is 1. The molecule has 2 heterocycles. The highest BCUT2D eigenvalue weighted by Gasteiger charge is 2.16. The van der Waals surface area contributed by atoms with Crippen LogP contribution in [0.25, 0.3) is 69.6 Å². The number of hydrogen-bond donors (Lipinski definition) is 0. The molecule has 0 radical (unpaired) electrons. The van der Waals surface area contributed by atoms with Crippen LogP contribution in [0.3, 0.4) is 0 Å². The highest BCUT2D eigenvalue weighted by molar-refractivity contribution is 7.26. The number of benzene rings is 6. The van der Waals surface area contributed by atoms with Crippen molar-refractivity contribution in [2.75, 3.05) is 0 Å². The van der Waals surface area contributed by atoms with Crippen LogP contribution in [0.4, 0.5) is 0 Å². The fourth-order valence-corrected chi connectivity index (χ4v) is 6.79. The Balaban J connectivity index is 1.40. The van der Waals surface area contributed by atoms with E-state index in [-0.39, 0.29) is 0 Å². The van der Waals surface area contributed by atoms with E-state index in [9.17, 15) is 0 Å². The normalized spacial score (nSPS) is 11.9. The second-order valence-electron chi connectivity index (χ2n) is 9.43. The molecule has 0 saturated carbocycles. The first-order valence-electron chi connectivity index (χ1n) is 12.3. The lowest BCUT2D eigenvalue weighted by Crippen LogP contribution is -1.93. The van der Waals surface area contributed by atoms with Crippen LogP contribution in [0.1, 0.15) is 0 Å². The fourth-order valence-electron chi connectivity index (χ4n) is 5.64. The second-order valence-corrected chi connectivity index (χ2v) is 10.5. The zero-order valence-corrected chi connectivity index (χ0v) is 20.3.